The lowest BCUT2D eigenvalue weighted by Crippen LogP contribution is -2.08. The van der Waals surface area contributed by atoms with Crippen molar-refractivity contribution in [3.63, 3.8) is 0 Å². The Bertz CT molecular complexity index is 634. The molecule has 2 aromatic rings. The largest absolute Gasteiger partial charge is 0.497 e. The molecule has 0 aromatic heterocycles. The number of nitrogens with one attached hydrogen (secondary N) is 1. The molecule has 0 aliphatic heterocycles. The van der Waals surface area contributed by atoms with Crippen LogP contribution >= 0.6 is 27.5 Å². The molecule has 2 rings (SSSR count). The molecule has 0 aliphatic rings. The van der Waals surface area contributed by atoms with Gasteiger partial charge in [-0.15, -0.1) is 0 Å². The van der Waals surface area contributed by atoms with Crippen molar-refractivity contribution in [1.29, 1.82) is 0 Å². The molecule has 0 heterocycles. The fraction of sp³-hybridized carbons (Fsp3) is 0.250. The highest BCUT2D eigenvalue weighted by molar-refractivity contribution is 9.10. The van der Waals surface area contributed by atoms with Gasteiger partial charge in [-0.25, -0.2) is 0 Å². The summed E-state index contributed by atoms with van der Waals surface area (Å²) in [6.07, 6.45) is 0. The van der Waals surface area contributed by atoms with Crippen LogP contribution in [0.5, 0.6) is 11.5 Å². The summed E-state index contributed by atoms with van der Waals surface area (Å²) in [7, 11) is 3.29. The topological polar surface area (TPSA) is 30.5 Å². The fourth-order valence-electron chi connectivity index (χ4n) is 2.10. The number of halogens is 2. The summed E-state index contributed by atoms with van der Waals surface area (Å²) in [5.74, 6) is 1.55. The number of hydrogen-bond donors (Lipinski definition) is 1. The molecule has 0 saturated carbocycles. The quantitative estimate of drug-likeness (QED) is 0.775. The van der Waals surface area contributed by atoms with Crippen molar-refractivity contribution >= 4 is 33.2 Å². The van der Waals surface area contributed by atoms with Gasteiger partial charge in [-0.2, -0.15) is 0 Å². The van der Waals surface area contributed by atoms with Crippen LogP contribution < -0.4 is 14.8 Å². The summed E-state index contributed by atoms with van der Waals surface area (Å²) in [6, 6.07) is 11.5. The molecule has 0 spiro atoms. The van der Waals surface area contributed by atoms with E-state index in [4.69, 9.17) is 21.1 Å². The van der Waals surface area contributed by atoms with Crippen LogP contribution in [0.25, 0.3) is 0 Å². The van der Waals surface area contributed by atoms with Gasteiger partial charge in [-0.05, 0) is 53.2 Å². The summed E-state index contributed by atoms with van der Waals surface area (Å²) >= 11 is 9.56. The van der Waals surface area contributed by atoms with E-state index in [9.17, 15) is 0 Å². The SMILES string of the molecule is COc1ccc(C(C)Nc2cc(Cl)ccc2Br)c(OC)c1. The molecule has 0 radical (unpaired) electrons. The third kappa shape index (κ3) is 3.83. The molecule has 0 saturated heterocycles. The lowest BCUT2D eigenvalue weighted by molar-refractivity contribution is 0.390. The zero-order valence-electron chi connectivity index (χ0n) is 12.1. The zero-order chi connectivity index (χ0) is 15.4. The molecule has 1 atom stereocenters. The van der Waals surface area contributed by atoms with E-state index in [-0.39, 0.29) is 6.04 Å². The van der Waals surface area contributed by atoms with Gasteiger partial charge < -0.3 is 14.8 Å². The fourth-order valence-corrected chi connectivity index (χ4v) is 2.63. The second kappa shape index (κ2) is 7.05. The minimum Gasteiger partial charge on any atom is -0.497 e. The van der Waals surface area contributed by atoms with Crippen LogP contribution in [0.4, 0.5) is 5.69 Å². The maximum Gasteiger partial charge on any atom is 0.127 e. The first kappa shape index (κ1) is 16.0. The second-order valence-corrected chi connectivity index (χ2v) is 5.89. The highest BCUT2D eigenvalue weighted by atomic mass is 79.9. The lowest BCUT2D eigenvalue weighted by atomic mass is 10.1. The van der Waals surface area contributed by atoms with E-state index < -0.39 is 0 Å². The number of benzene rings is 2. The Hall–Kier alpha value is -1.39. The van der Waals surface area contributed by atoms with E-state index in [0.717, 1.165) is 27.2 Å². The molecular formula is C16H17BrClNO2. The van der Waals surface area contributed by atoms with Crippen molar-refractivity contribution in [2.45, 2.75) is 13.0 Å². The molecule has 0 amide bonds. The predicted molar refractivity (Wildman–Crippen MR) is 90.7 cm³/mol. The smallest absolute Gasteiger partial charge is 0.127 e. The highest BCUT2D eigenvalue weighted by Crippen LogP contribution is 2.34. The van der Waals surface area contributed by atoms with Gasteiger partial charge in [-0.3, -0.25) is 0 Å². The minimum atomic E-state index is 0.0561. The Labute approximate surface area is 138 Å². The van der Waals surface area contributed by atoms with Crippen molar-refractivity contribution in [2.75, 3.05) is 19.5 Å². The van der Waals surface area contributed by atoms with E-state index in [1.807, 2.05) is 36.4 Å². The molecule has 0 bridgehead atoms. The summed E-state index contributed by atoms with van der Waals surface area (Å²) in [5.41, 5.74) is 1.98. The van der Waals surface area contributed by atoms with Crippen molar-refractivity contribution in [3.05, 3.63) is 51.5 Å². The molecule has 21 heavy (non-hydrogen) atoms. The normalized spacial score (nSPS) is 11.9. The predicted octanol–water partition coefficient (Wildman–Crippen LogP) is 5.29. The van der Waals surface area contributed by atoms with Gasteiger partial charge >= 0.3 is 0 Å². The van der Waals surface area contributed by atoms with Gasteiger partial charge in [-0.1, -0.05) is 11.6 Å². The van der Waals surface area contributed by atoms with Crippen molar-refractivity contribution in [2.24, 2.45) is 0 Å². The van der Waals surface area contributed by atoms with Crippen molar-refractivity contribution in [3.8, 4) is 11.5 Å². The highest BCUT2D eigenvalue weighted by Gasteiger charge is 2.13. The first-order valence-corrected chi connectivity index (χ1v) is 7.65. The average molecular weight is 371 g/mol. The molecule has 112 valence electrons. The standard InChI is InChI=1S/C16H17BrClNO2/c1-10(19-15-8-11(18)4-7-14(15)17)13-6-5-12(20-2)9-16(13)21-3/h4-10,19H,1-3H3. The van der Waals surface area contributed by atoms with Crippen LogP contribution in [0.3, 0.4) is 0 Å². The average Bonchev–Trinajstić information content (AvgIpc) is 2.50. The Kier molecular flexibility index (Phi) is 5.37. The lowest BCUT2D eigenvalue weighted by Gasteiger charge is -2.20. The van der Waals surface area contributed by atoms with Crippen LogP contribution in [0.1, 0.15) is 18.5 Å². The second-order valence-electron chi connectivity index (χ2n) is 4.60. The van der Waals surface area contributed by atoms with E-state index in [1.54, 1.807) is 14.2 Å². The van der Waals surface area contributed by atoms with Crippen LogP contribution in [-0.4, -0.2) is 14.2 Å². The maximum absolute atomic E-state index is 6.04. The Morgan fingerprint density at radius 1 is 1.10 bits per heavy atom. The van der Waals surface area contributed by atoms with Crippen LogP contribution in [0.2, 0.25) is 5.02 Å². The van der Waals surface area contributed by atoms with Crippen molar-refractivity contribution in [1.82, 2.24) is 0 Å². The summed E-state index contributed by atoms with van der Waals surface area (Å²) < 4.78 is 11.6. The van der Waals surface area contributed by atoms with E-state index in [0.29, 0.717) is 5.02 Å². The van der Waals surface area contributed by atoms with E-state index >= 15 is 0 Å². The third-order valence-electron chi connectivity index (χ3n) is 3.21. The summed E-state index contributed by atoms with van der Waals surface area (Å²) in [6.45, 7) is 2.07. The van der Waals surface area contributed by atoms with Gasteiger partial charge in [0.25, 0.3) is 0 Å². The minimum absolute atomic E-state index is 0.0561. The van der Waals surface area contributed by atoms with Gasteiger partial charge in [0.15, 0.2) is 0 Å². The number of hydrogen-bond acceptors (Lipinski definition) is 3. The van der Waals surface area contributed by atoms with Crippen LogP contribution in [0, 0.1) is 0 Å². The molecule has 1 N–H and O–H groups in total. The van der Waals surface area contributed by atoms with Crippen LogP contribution in [0.15, 0.2) is 40.9 Å². The molecule has 0 aliphatic carbocycles. The van der Waals surface area contributed by atoms with E-state index in [1.165, 1.54) is 0 Å². The summed E-state index contributed by atoms with van der Waals surface area (Å²) in [5, 5.41) is 4.12. The number of anilines is 1. The third-order valence-corrected chi connectivity index (χ3v) is 4.13. The Balaban J connectivity index is 2.27. The Morgan fingerprint density at radius 3 is 2.52 bits per heavy atom. The molecule has 1 unspecified atom stereocenters. The van der Waals surface area contributed by atoms with Gasteiger partial charge in [0.2, 0.25) is 0 Å². The Morgan fingerprint density at radius 2 is 1.86 bits per heavy atom. The molecule has 2 aromatic carbocycles. The number of ether oxygens (including phenoxy) is 2. The maximum atomic E-state index is 6.04. The molecule has 5 heteroatoms. The van der Waals surface area contributed by atoms with E-state index in [2.05, 4.69) is 28.2 Å². The monoisotopic (exact) mass is 369 g/mol. The van der Waals surface area contributed by atoms with Gasteiger partial charge in [0.1, 0.15) is 11.5 Å². The van der Waals surface area contributed by atoms with Crippen molar-refractivity contribution < 1.29 is 9.47 Å². The first-order valence-electron chi connectivity index (χ1n) is 6.48. The molecule has 0 fully saturated rings. The number of rotatable bonds is 5. The summed E-state index contributed by atoms with van der Waals surface area (Å²) in [4.78, 5) is 0. The molecule has 3 nitrogen and oxygen atoms in total. The molecular weight excluding hydrogens is 354 g/mol. The first-order chi connectivity index (χ1) is 10.0. The van der Waals surface area contributed by atoms with Crippen LogP contribution in [-0.2, 0) is 0 Å². The number of methoxy groups -OCH3 is 2. The van der Waals surface area contributed by atoms with Gasteiger partial charge in [0.05, 0.1) is 25.9 Å². The zero-order valence-corrected chi connectivity index (χ0v) is 14.5. The van der Waals surface area contributed by atoms with Gasteiger partial charge in [0, 0.05) is 21.1 Å².